The van der Waals surface area contributed by atoms with Crippen LogP contribution in [0.1, 0.15) is 58.2 Å². The number of rotatable bonds is 5. The van der Waals surface area contributed by atoms with Crippen molar-refractivity contribution in [1.29, 1.82) is 5.26 Å². The van der Waals surface area contributed by atoms with E-state index in [0.29, 0.717) is 42.4 Å². The fraction of sp³-hybridized carbons (Fsp3) is 0.379. The topological polar surface area (TPSA) is 86.8 Å². The van der Waals surface area contributed by atoms with Gasteiger partial charge in [0.15, 0.2) is 11.3 Å². The van der Waals surface area contributed by atoms with Crippen molar-refractivity contribution < 1.29 is 22.7 Å². The first-order valence-corrected chi connectivity index (χ1v) is 14.1. The van der Waals surface area contributed by atoms with E-state index >= 15 is 0 Å². The lowest BCUT2D eigenvalue weighted by molar-refractivity contribution is -0.143. The minimum atomic E-state index is -4.71. The quantitative estimate of drug-likeness (QED) is 0.277. The number of aromatic nitrogens is 3. The summed E-state index contributed by atoms with van der Waals surface area (Å²) in [5.41, 5.74) is -0.576. The van der Waals surface area contributed by atoms with E-state index in [1.165, 1.54) is 31.6 Å². The second kappa shape index (κ2) is 12.3. The molecule has 1 fully saturated rings. The number of ether oxygens (including phenoxy) is 1. The number of carbonyl (C=O) groups is 1. The lowest BCUT2D eigenvalue weighted by Crippen LogP contribution is -2.49. The number of nitriles is 1. The van der Waals surface area contributed by atoms with Gasteiger partial charge in [0.2, 0.25) is 0 Å². The number of hydrogen-bond donors (Lipinski definition) is 0. The zero-order chi connectivity index (χ0) is 29.9. The van der Waals surface area contributed by atoms with Gasteiger partial charge in [-0.25, -0.2) is 9.50 Å². The molecule has 1 aliphatic rings. The first kappa shape index (κ1) is 30.0. The summed E-state index contributed by atoms with van der Waals surface area (Å²) in [7, 11) is 1.50. The van der Waals surface area contributed by atoms with Gasteiger partial charge in [0.05, 0.1) is 19.0 Å². The van der Waals surface area contributed by atoms with E-state index in [9.17, 15) is 18.0 Å². The number of amides is 1. The third-order valence-electron chi connectivity index (χ3n) is 7.04. The molecule has 0 spiro atoms. The van der Waals surface area contributed by atoms with Gasteiger partial charge in [0.1, 0.15) is 22.3 Å². The Hall–Kier alpha value is -3.95. The summed E-state index contributed by atoms with van der Waals surface area (Å²) >= 11 is 1.45. The second-order valence-electron chi connectivity index (χ2n) is 9.27. The van der Waals surface area contributed by atoms with Crippen LogP contribution in [-0.4, -0.2) is 63.6 Å². The third-order valence-corrected chi connectivity index (χ3v) is 8.20. The Kier molecular flexibility index (Phi) is 8.99. The molecule has 0 bridgehead atoms. The molecule has 1 aliphatic heterocycles. The highest BCUT2D eigenvalue weighted by atomic mass is 32.1. The van der Waals surface area contributed by atoms with Crippen molar-refractivity contribution in [2.75, 3.05) is 33.3 Å². The maximum atomic E-state index is 14.2. The summed E-state index contributed by atoms with van der Waals surface area (Å²) in [4.78, 5) is 23.6. The Balaban J connectivity index is 0.00000189. The van der Waals surface area contributed by atoms with E-state index in [1.54, 1.807) is 35.2 Å². The molecule has 3 aromatic heterocycles. The molecule has 0 saturated carbocycles. The van der Waals surface area contributed by atoms with Crippen molar-refractivity contribution >= 4 is 22.9 Å². The van der Waals surface area contributed by atoms with Crippen molar-refractivity contribution in [2.24, 2.45) is 0 Å². The van der Waals surface area contributed by atoms with E-state index < -0.39 is 17.8 Å². The number of thiophene rings is 1. The average molecular weight is 585 g/mol. The predicted octanol–water partition coefficient (Wildman–Crippen LogP) is 6.21. The Morgan fingerprint density at radius 3 is 2.32 bits per heavy atom. The SMILES string of the molecule is CC.COc1ccc(-c2nc3c(C(=O)N4CCN([C@@H](C)c5ccc(C#N)s5)CC4)cnn3c(C(F)(F)F)c2C)cc1. The zero-order valence-electron chi connectivity index (χ0n) is 23.5. The molecule has 1 saturated heterocycles. The number of fused-ring (bicyclic) bond motifs is 1. The minimum Gasteiger partial charge on any atom is -0.497 e. The van der Waals surface area contributed by atoms with Crippen LogP contribution in [0.2, 0.25) is 0 Å². The van der Waals surface area contributed by atoms with Gasteiger partial charge in [0.25, 0.3) is 5.91 Å². The van der Waals surface area contributed by atoms with E-state index in [-0.39, 0.29) is 28.5 Å². The number of nitrogens with zero attached hydrogens (tertiary/aromatic N) is 6. The maximum absolute atomic E-state index is 14.2. The fourth-order valence-corrected chi connectivity index (χ4v) is 5.78. The highest BCUT2D eigenvalue weighted by molar-refractivity contribution is 7.12. The van der Waals surface area contributed by atoms with Gasteiger partial charge in [-0.05, 0) is 50.2 Å². The van der Waals surface area contributed by atoms with Gasteiger partial charge in [0, 0.05) is 48.2 Å². The lowest BCUT2D eigenvalue weighted by atomic mass is 10.0. The highest BCUT2D eigenvalue weighted by Crippen LogP contribution is 2.37. The number of hydrogen-bond acceptors (Lipinski definition) is 7. The summed E-state index contributed by atoms with van der Waals surface area (Å²) < 4.78 is 48.5. The van der Waals surface area contributed by atoms with Crippen molar-refractivity contribution in [3.05, 3.63) is 69.2 Å². The van der Waals surface area contributed by atoms with Gasteiger partial charge in [-0.1, -0.05) is 13.8 Å². The Bertz CT molecular complexity index is 1560. The van der Waals surface area contributed by atoms with E-state index in [2.05, 4.69) is 28.0 Å². The molecule has 0 radical (unpaired) electrons. The van der Waals surface area contributed by atoms with Crippen LogP contribution in [0.3, 0.4) is 0 Å². The van der Waals surface area contributed by atoms with Crippen molar-refractivity contribution in [3.63, 3.8) is 0 Å². The smallest absolute Gasteiger partial charge is 0.433 e. The number of alkyl halides is 3. The number of methoxy groups -OCH3 is 1. The summed E-state index contributed by atoms with van der Waals surface area (Å²) in [6, 6.07) is 12.5. The molecule has 5 rings (SSSR count). The molecule has 4 aromatic rings. The molecule has 1 aromatic carbocycles. The van der Waals surface area contributed by atoms with Gasteiger partial charge in [-0.15, -0.1) is 11.3 Å². The number of benzene rings is 1. The average Bonchev–Trinajstić information content (AvgIpc) is 3.64. The van der Waals surface area contributed by atoms with Crippen LogP contribution in [0.25, 0.3) is 16.9 Å². The monoisotopic (exact) mass is 584 g/mol. The lowest BCUT2D eigenvalue weighted by Gasteiger charge is -2.37. The summed E-state index contributed by atoms with van der Waals surface area (Å²) in [6.07, 6.45) is -3.55. The van der Waals surface area contributed by atoms with E-state index in [1.807, 2.05) is 19.9 Å². The largest absolute Gasteiger partial charge is 0.497 e. The normalized spacial score (nSPS) is 14.8. The molecule has 8 nitrogen and oxygen atoms in total. The molecule has 216 valence electrons. The molecule has 1 amide bonds. The van der Waals surface area contributed by atoms with Crippen LogP contribution < -0.4 is 4.74 Å². The molecule has 0 N–H and O–H groups in total. The van der Waals surface area contributed by atoms with Crippen LogP contribution in [0.15, 0.2) is 42.6 Å². The van der Waals surface area contributed by atoms with Gasteiger partial charge in [-0.2, -0.15) is 23.5 Å². The van der Waals surface area contributed by atoms with Crippen LogP contribution in [-0.2, 0) is 6.18 Å². The Morgan fingerprint density at radius 2 is 1.76 bits per heavy atom. The molecule has 12 heteroatoms. The predicted molar refractivity (Wildman–Crippen MR) is 151 cm³/mol. The molecule has 4 heterocycles. The third kappa shape index (κ3) is 5.92. The zero-order valence-corrected chi connectivity index (χ0v) is 24.3. The van der Waals surface area contributed by atoms with Crippen LogP contribution in [0, 0.1) is 18.3 Å². The number of carbonyl (C=O) groups excluding carboxylic acids is 1. The highest BCUT2D eigenvalue weighted by Gasteiger charge is 2.39. The van der Waals surface area contributed by atoms with Gasteiger partial charge >= 0.3 is 6.18 Å². The molecular formula is C29H31F3N6O2S. The fourth-order valence-electron chi connectivity index (χ4n) is 4.89. The Labute approximate surface area is 240 Å². The standard InChI is InChI=1S/C27H25F3N6O2S.C2H6/c1-16-23(18-4-6-19(38-3)7-5-18)33-25-21(15-32-36(25)24(16)27(28,29)30)26(37)35-12-10-34(11-13-35)17(2)22-9-8-20(14-31)39-22;1-2/h4-9,15,17H,10-13H2,1-3H3;1-2H3/t17-;/m0./s1. The molecule has 41 heavy (non-hydrogen) atoms. The first-order chi connectivity index (χ1) is 19.6. The van der Waals surface area contributed by atoms with E-state index in [4.69, 9.17) is 10.00 Å². The summed E-state index contributed by atoms with van der Waals surface area (Å²) in [5.74, 6) is 0.150. The van der Waals surface area contributed by atoms with E-state index in [0.717, 1.165) is 9.39 Å². The molecular weight excluding hydrogens is 553 g/mol. The Morgan fingerprint density at radius 1 is 1.10 bits per heavy atom. The summed E-state index contributed by atoms with van der Waals surface area (Å²) in [6.45, 7) is 9.39. The van der Waals surface area contributed by atoms with Crippen LogP contribution in [0.5, 0.6) is 5.75 Å². The van der Waals surface area contributed by atoms with Crippen LogP contribution >= 0.6 is 11.3 Å². The van der Waals surface area contributed by atoms with Crippen molar-refractivity contribution in [3.8, 4) is 23.1 Å². The second-order valence-corrected chi connectivity index (χ2v) is 10.4. The minimum absolute atomic E-state index is 0.0219. The maximum Gasteiger partial charge on any atom is 0.433 e. The number of halogens is 3. The van der Waals surface area contributed by atoms with Crippen LogP contribution in [0.4, 0.5) is 13.2 Å². The van der Waals surface area contributed by atoms with Gasteiger partial charge < -0.3 is 9.64 Å². The summed E-state index contributed by atoms with van der Waals surface area (Å²) in [5, 5.41) is 13.1. The molecule has 0 aliphatic carbocycles. The van der Waals surface area contributed by atoms with Crippen molar-refractivity contribution in [1.82, 2.24) is 24.4 Å². The number of piperazine rings is 1. The van der Waals surface area contributed by atoms with Gasteiger partial charge in [-0.3, -0.25) is 9.69 Å². The first-order valence-electron chi connectivity index (χ1n) is 13.3. The van der Waals surface area contributed by atoms with Crippen molar-refractivity contribution in [2.45, 2.75) is 39.9 Å². The molecule has 1 atom stereocenters. The molecule has 0 unspecified atom stereocenters.